The molecule has 6 heteroatoms. The Morgan fingerprint density at radius 2 is 1.74 bits per heavy atom. The van der Waals surface area contributed by atoms with E-state index in [1.165, 1.54) is 16.6 Å². The second-order valence-electron chi connectivity index (χ2n) is 5.40. The van der Waals surface area contributed by atoms with Gasteiger partial charge >= 0.3 is 0 Å². The van der Waals surface area contributed by atoms with Crippen molar-refractivity contribution in [3.63, 3.8) is 0 Å². The van der Waals surface area contributed by atoms with Gasteiger partial charge in [-0.05, 0) is 24.0 Å². The molecule has 1 aromatic heterocycles. The Bertz CT molecular complexity index is 505. The van der Waals surface area contributed by atoms with Crippen LogP contribution in [0.2, 0.25) is 0 Å². The van der Waals surface area contributed by atoms with Gasteiger partial charge in [-0.1, -0.05) is 27.7 Å². The Kier molecular flexibility index (Phi) is 5.43. The summed E-state index contributed by atoms with van der Waals surface area (Å²) in [6.45, 7) is 8.43. The van der Waals surface area contributed by atoms with Crippen molar-refractivity contribution in [1.82, 2.24) is 9.29 Å². The molecule has 4 nitrogen and oxygen atoms in total. The second-order valence-corrected chi connectivity index (χ2v) is 7.25. The van der Waals surface area contributed by atoms with E-state index >= 15 is 0 Å². The highest BCUT2D eigenvalue weighted by Crippen LogP contribution is 2.19. The molecule has 0 amide bonds. The van der Waals surface area contributed by atoms with E-state index in [0.717, 1.165) is 6.07 Å². The van der Waals surface area contributed by atoms with E-state index < -0.39 is 20.9 Å². The molecule has 19 heavy (non-hydrogen) atoms. The lowest BCUT2D eigenvalue weighted by atomic mass is 10.2. The molecular formula is C13H21FN2O2S. The summed E-state index contributed by atoms with van der Waals surface area (Å²) in [5.41, 5.74) is 0. The zero-order valence-corrected chi connectivity index (χ0v) is 12.6. The van der Waals surface area contributed by atoms with Crippen molar-refractivity contribution >= 4 is 10.0 Å². The minimum Gasteiger partial charge on any atom is -0.241 e. The molecule has 1 heterocycles. The van der Waals surface area contributed by atoms with Crippen LogP contribution in [0.4, 0.5) is 4.39 Å². The summed E-state index contributed by atoms with van der Waals surface area (Å²) in [4.78, 5) is 3.68. The first kappa shape index (κ1) is 16.0. The SMILES string of the molecule is CC(C)CN(CC(C)C)S(=O)(=O)c1ncccc1F. The summed E-state index contributed by atoms with van der Waals surface area (Å²) in [5.74, 6) is -0.472. The third-order valence-electron chi connectivity index (χ3n) is 2.45. The predicted octanol–water partition coefficient (Wildman–Crippen LogP) is 2.52. The van der Waals surface area contributed by atoms with E-state index in [-0.39, 0.29) is 11.8 Å². The monoisotopic (exact) mass is 288 g/mol. The summed E-state index contributed by atoms with van der Waals surface area (Å²) in [7, 11) is -3.87. The van der Waals surface area contributed by atoms with E-state index in [1.54, 1.807) is 0 Å². The average Bonchev–Trinajstić information content (AvgIpc) is 2.27. The van der Waals surface area contributed by atoms with Crippen molar-refractivity contribution < 1.29 is 12.8 Å². The number of sulfonamides is 1. The van der Waals surface area contributed by atoms with Crippen molar-refractivity contribution in [3.8, 4) is 0 Å². The van der Waals surface area contributed by atoms with Crippen LogP contribution in [0, 0.1) is 17.7 Å². The van der Waals surface area contributed by atoms with E-state index in [0.29, 0.717) is 13.1 Å². The van der Waals surface area contributed by atoms with Crippen molar-refractivity contribution in [1.29, 1.82) is 0 Å². The van der Waals surface area contributed by atoms with E-state index in [9.17, 15) is 12.8 Å². The van der Waals surface area contributed by atoms with Gasteiger partial charge in [0.2, 0.25) is 5.03 Å². The minimum atomic E-state index is -3.87. The zero-order chi connectivity index (χ0) is 14.6. The number of pyridine rings is 1. The van der Waals surface area contributed by atoms with E-state index in [4.69, 9.17) is 0 Å². The van der Waals surface area contributed by atoms with Gasteiger partial charge in [0.1, 0.15) is 0 Å². The maximum atomic E-state index is 13.7. The molecule has 0 N–H and O–H groups in total. The first-order valence-corrected chi connectivity index (χ1v) is 7.79. The van der Waals surface area contributed by atoms with Crippen LogP contribution in [0.1, 0.15) is 27.7 Å². The molecular weight excluding hydrogens is 267 g/mol. The van der Waals surface area contributed by atoms with Gasteiger partial charge in [-0.15, -0.1) is 0 Å². The molecule has 0 aliphatic carbocycles. The molecule has 0 bridgehead atoms. The third-order valence-corrected chi connectivity index (χ3v) is 4.21. The Labute approximate surface area is 114 Å². The molecule has 0 fully saturated rings. The van der Waals surface area contributed by atoms with Crippen LogP contribution in [0.3, 0.4) is 0 Å². The summed E-state index contributed by atoms with van der Waals surface area (Å²) in [6, 6.07) is 2.49. The Hall–Kier alpha value is -1.01. The number of rotatable bonds is 6. The lowest BCUT2D eigenvalue weighted by molar-refractivity contribution is 0.330. The van der Waals surface area contributed by atoms with Crippen molar-refractivity contribution in [2.45, 2.75) is 32.7 Å². The fourth-order valence-electron chi connectivity index (χ4n) is 1.77. The van der Waals surface area contributed by atoms with Crippen molar-refractivity contribution in [2.75, 3.05) is 13.1 Å². The molecule has 0 spiro atoms. The molecule has 1 aromatic rings. The largest absolute Gasteiger partial charge is 0.263 e. The van der Waals surface area contributed by atoms with Crippen LogP contribution in [0.25, 0.3) is 0 Å². The van der Waals surface area contributed by atoms with Crippen LogP contribution < -0.4 is 0 Å². The average molecular weight is 288 g/mol. The summed E-state index contributed by atoms with van der Waals surface area (Å²) >= 11 is 0. The second kappa shape index (κ2) is 6.43. The highest BCUT2D eigenvalue weighted by Gasteiger charge is 2.29. The number of halogens is 1. The van der Waals surface area contributed by atoms with Crippen LogP contribution in [-0.2, 0) is 10.0 Å². The molecule has 108 valence electrons. The highest BCUT2D eigenvalue weighted by molar-refractivity contribution is 7.89. The van der Waals surface area contributed by atoms with Gasteiger partial charge < -0.3 is 0 Å². The van der Waals surface area contributed by atoms with Crippen molar-refractivity contribution in [3.05, 3.63) is 24.1 Å². The smallest absolute Gasteiger partial charge is 0.241 e. The normalized spacial score (nSPS) is 12.6. The number of hydrogen-bond acceptors (Lipinski definition) is 3. The van der Waals surface area contributed by atoms with Gasteiger partial charge in [0, 0.05) is 19.3 Å². The summed E-state index contributed by atoms with van der Waals surface area (Å²) in [5, 5.41) is -0.490. The van der Waals surface area contributed by atoms with Gasteiger partial charge in [-0.3, -0.25) is 0 Å². The van der Waals surface area contributed by atoms with Crippen LogP contribution in [-0.4, -0.2) is 30.8 Å². The van der Waals surface area contributed by atoms with Gasteiger partial charge in [-0.2, -0.15) is 4.31 Å². The minimum absolute atomic E-state index is 0.167. The standard InChI is InChI=1S/C13H21FN2O2S/c1-10(2)8-16(9-11(3)4)19(17,18)13-12(14)6-5-7-15-13/h5-7,10-11H,8-9H2,1-4H3. The Balaban J connectivity index is 3.16. The maximum absolute atomic E-state index is 13.7. The Morgan fingerprint density at radius 1 is 1.21 bits per heavy atom. The topological polar surface area (TPSA) is 50.3 Å². The lowest BCUT2D eigenvalue weighted by Gasteiger charge is -2.25. The molecule has 0 atom stereocenters. The number of hydrogen-bond donors (Lipinski definition) is 0. The molecule has 0 saturated heterocycles. The molecule has 0 radical (unpaired) electrons. The third kappa shape index (κ3) is 4.24. The van der Waals surface area contributed by atoms with Gasteiger partial charge in [-0.25, -0.2) is 17.8 Å². The first-order valence-electron chi connectivity index (χ1n) is 6.35. The van der Waals surface area contributed by atoms with Gasteiger partial charge in [0.05, 0.1) is 0 Å². The predicted molar refractivity (Wildman–Crippen MR) is 72.6 cm³/mol. The number of aromatic nitrogens is 1. The fraction of sp³-hybridized carbons (Fsp3) is 0.615. The van der Waals surface area contributed by atoms with E-state index in [2.05, 4.69) is 4.98 Å². The van der Waals surface area contributed by atoms with Crippen LogP contribution >= 0.6 is 0 Å². The first-order chi connectivity index (χ1) is 8.75. The fourth-order valence-corrected chi connectivity index (χ4v) is 3.51. The maximum Gasteiger partial charge on any atom is 0.263 e. The highest BCUT2D eigenvalue weighted by atomic mass is 32.2. The van der Waals surface area contributed by atoms with Crippen LogP contribution in [0.15, 0.2) is 23.4 Å². The molecule has 0 aliphatic heterocycles. The van der Waals surface area contributed by atoms with Gasteiger partial charge in [0.25, 0.3) is 10.0 Å². The quantitative estimate of drug-likeness (QED) is 0.808. The molecule has 0 aliphatic rings. The number of nitrogens with zero attached hydrogens (tertiary/aromatic N) is 2. The molecule has 0 unspecified atom stereocenters. The Morgan fingerprint density at radius 3 is 2.16 bits per heavy atom. The van der Waals surface area contributed by atoms with Crippen LogP contribution in [0.5, 0.6) is 0 Å². The van der Waals surface area contributed by atoms with Gasteiger partial charge in [0.15, 0.2) is 5.82 Å². The molecule has 0 aromatic carbocycles. The molecule has 0 saturated carbocycles. The molecule has 1 rings (SSSR count). The zero-order valence-electron chi connectivity index (χ0n) is 11.8. The lowest BCUT2D eigenvalue weighted by Crippen LogP contribution is -2.37. The summed E-state index contributed by atoms with van der Waals surface area (Å²) in [6.07, 6.45) is 1.29. The van der Waals surface area contributed by atoms with E-state index in [1.807, 2.05) is 27.7 Å². The summed E-state index contributed by atoms with van der Waals surface area (Å²) < 4.78 is 39.9. The van der Waals surface area contributed by atoms with Crippen molar-refractivity contribution in [2.24, 2.45) is 11.8 Å².